The maximum absolute atomic E-state index is 9.38. The second-order valence-electron chi connectivity index (χ2n) is 5.49. The molecular weight excluding hydrogens is 216 g/mol. The summed E-state index contributed by atoms with van der Waals surface area (Å²) in [6, 6.07) is 9.48. The zero-order valence-corrected chi connectivity index (χ0v) is 10.6. The van der Waals surface area contributed by atoms with Crippen molar-refractivity contribution in [2.24, 2.45) is 15.6 Å². The standard InChI is InChI=1S/C13H18N2O2/c1-11(2)12(3,4)14-15-13(11,17-16)10-8-6-5-7-9-10/h5-9,16H,1-4H3/t13-/m0/s1. The van der Waals surface area contributed by atoms with Crippen LogP contribution in [0.15, 0.2) is 40.6 Å². The molecule has 0 aromatic heterocycles. The van der Waals surface area contributed by atoms with Crippen molar-refractivity contribution in [2.75, 3.05) is 0 Å². The molecule has 17 heavy (non-hydrogen) atoms. The van der Waals surface area contributed by atoms with Crippen molar-refractivity contribution in [2.45, 2.75) is 39.0 Å². The van der Waals surface area contributed by atoms with E-state index < -0.39 is 16.7 Å². The first-order chi connectivity index (χ1) is 7.87. The molecule has 0 amide bonds. The zero-order valence-electron chi connectivity index (χ0n) is 10.6. The molecule has 1 aliphatic heterocycles. The van der Waals surface area contributed by atoms with Gasteiger partial charge < -0.3 is 0 Å². The maximum Gasteiger partial charge on any atom is 0.244 e. The van der Waals surface area contributed by atoms with Crippen molar-refractivity contribution >= 4 is 0 Å². The van der Waals surface area contributed by atoms with Gasteiger partial charge in [-0.15, -0.1) is 5.11 Å². The van der Waals surface area contributed by atoms with E-state index in [1.807, 2.05) is 58.0 Å². The number of benzene rings is 1. The van der Waals surface area contributed by atoms with Crippen molar-refractivity contribution in [3.8, 4) is 0 Å². The summed E-state index contributed by atoms with van der Waals surface area (Å²) in [4.78, 5) is 4.78. The Morgan fingerprint density at radius 1 is 1.00 bits per heavy atom. The molecule has 92 valence electrons. The van der Waals surface area contributed by atoms with Gasteiger partial charge in [0.25, 0.3) is 0 Å². The number of azo groups is 1. The van der Waals surface area contributed by atoms with Gasteiger partial charge in [0.05, 0.1) is 11.0 Å². The average Bonchev–Trinajstić information content (AvgIpc) is 2.49. The molecule has 0 saturated heterocycles. The van der Waals surface area contributed by atoms with Crippen LogP contribution in [0.1, 0.15) is 33.3 Å². The van der Waals surface area contributed by atoms with E-state index in [9.17, 15) is 5.26 Å². The van der Waals surface area contributed by atoms with Gasteiger partial charge in [-0.25, -0.2) is 10.1 Å². The lowest BCUT2D eigenvalue weighted by Gasteiger charge is -2.41. The molecule has 1 aromatic carbocycles. The van der Waals surface area contributed by atoms with Gasteiger partial charge in [0.1, 0.15) is 0 Å². The third kappa shape index (κ3) is 1.44. The zero-order chi connectivity index (χ0) is 12.7. The molecule has 0 bridgehead atoms. The highest BCUT2D eigenvalue weighted by molar-refractivity contribution is 5.28. The summed E-state index contributed by atoms with van der Waals surface area (Å²) < 4.78 is 0. The minimum Gasteiger partial charge on any atom is -0.249 e. The van der Waals surface area contributed by atoms with Crippen LogP contribution in [0.2, 0.25) is 0 Å². The molecule has 0 radical (unpaired) electrons. The second kappa shape index (κ2) is 3.62. The summed E-state index contributed by atoms with van der Waals surface area (Å²) in [6.07, 6.45) is 0. The lowest BCUT2D eigenvalue weighted by atomic mass is 9.67. The maximum atomic E-state index is 9.38. The molecule has 1 aliphatic rings. The summed E-state index contributed by atoms with van der Waals surface area (Å²) in [5.74, 6) is 0. The number of rotatable bonds is 2. The van der Waals surface area contributed by atoms with Crippen LogP contribution < -0.4 is 0 Å². The highest BCUT2D eigenvalue weighted by Gasteiger charge is 2.61. The first kappa shape index (κ1) is 12.2. The average molecular weight is 234 g/mol. The third-order valence-corrected chi connectivity index (χ3v) is 4.11. The first-order valence-electron chi connectivity index (χ1n) is 5.69. The summed E-state index contributed by atoms with van der Waals surface area (Å²) >= 11 is 0. The van der Waals surface area contributed by atoms with E-state index in [1.165, 1.54) is 0 Å². The van der Waals surface area contributed by atoms with Gasteiger partial charge in [-0.3, -0.25) is 0 Å². The van der Waals surface area contributed by atoms with Crippen LogP contribution in [0.25, 0.3) is 0 Å². The molecule has 0 fully saturated rings. The highest BCUT2D eigenvalue weighted by atomic mass is 17.1. The van der Waals surface area contributed by atoms with E-state index in [-0.39, 0.29) is 0 Å². The van der Waals surface area contributed by atoms with Crippen LogP contribution in [0, 0.1) is 5.41 Å². The predicted molar refractivity (Wildman–Crippen MR) is 64.5 cm³/mol. The topological polar surface area (TPSA) is 54.2 Å². The molecular formula is C13H18N2O2. The third-order valence-electron chi connectivity index (χ3n) is 4.11. The largest absolute Gasteiger partial charge is 0.249 e. The fraction of sp³-hybridized carbons (Fsp3) is 0.538. The van der Waals surface area contributed by atoms with E-state index in [4.69, 9.17) is 4.89 Å². The summed E-state index contributed by atoms with van der Waals surface area (Å²) in [6.45, 7) is 7.97. The van der Waals surface area contributed by atoms with Gasteiger partial charge in [-0.1, -0.05) is 44.2 Å². The molecule has 4 heteroatoms. The Balaban J connectivity index is 2.59. The van der Waals surface area contributed by atoms with Gasteiger partial charge in [0, 0.05) is 5.56 Å². The molecule has 1 atom stereocenters. The normalized spacial score (nSPS) is 29.5. The summed E-state index contributed by atoms with van der Waals surface area (Å²) in [5.41, 5.74) is -1.17. The Morgan fingerprint density at radius 2 is 1.59 bits per heavy atom. The van der Waals surface area contributed by atoms with Gasteiger partial charge in [-0.2, -0.15) is 5.11 Å². The lowest BCUT2D eigenvalue weighted by Crippen LogP contribution is -2.49. The highest BCUT2D eigenvalue weighted by Crippen LogP contribution is 2.56. The summed E-state index contributed by atoms with van der Waals surface area (Å²) in [5, 5.41) is 17.9. The van der Waals surface area contributed by atoms with Crippen molar-refractivity contribution in [1.82, 2.24) is 0 Å². The van der Waals surface area contributed by atoms with Gasteiger partial charge in [0.15, 0.2) is 0 Å². The van der Waals surface area contributed by atoms with Crippen molar-refractivity contribution in [3.63, 3.8) is 0 Å². The predicted octanol–water partition coefficient (Wildman–Crippen LogP) is 3.60. The van der Waals surface area contributed by atoms with Crippen LogP contribution in [0.5, 0.6) is 0 Å². The van der Waals surface area contributed by atoms with E-state index in [0.717, 1.165) is 5.56 Å². The SMILES string of the molecule is CC1(C)N=N[C@](OO)(c2ccccc2)C1(C)C. The number of hydrogen-bond donors (Lipinski definition) is 1. The minimum absolute atomic E-state index is 0.397. The first-order valence-corrected chi connectivity index (χ1v) is 5.69. The monoisotopic (exact) mass is 234 g/mol. The van der Waals surface area contributed by atoms with E-state index in [2.05, 4.69) is 10.2 Å². The molecule has 0 aliphatic carbocycles. The Morgan fingerprint density at radius 3 is 2.00 bits per heavy atom. The Hall–Kier alpha value is -1.26. The molecule has 0 spiro atoms. The van der Waals surface area contributed by atoms with Gasteiger partial charge >= 0.3 is 0 Å². The van der Waals surface area contributed by atoms with Crippen molar-refractivity contribution < 1.29 is 10.1 Å². The smallest absolute Gasteiger partial charge is 0.244 e. The molecule has 0 unspecified atom stereocenters. The lowest BCUT2D eigenvalue weighted by molar-refractivity contribution is -0.355. The van der Waals surface area contributed by atoms with Crippen molar-refractivity contribution in [1.29, 1.82) is 0 Å². The Kier molecular flexibility index (Phi) is 2.60. The van der Waals surface area contributed by atoms with Crippen LogP contribution in [-0.2, 0) is 10.6 Å². The van der Waals surface area contributed by atoms with E-state index in [0.29, 0.717) is 0 Å². The minimum atomic E-state index is -1.13. The Bertz CT molecular complexity index is 440. The van der Waals surface area contributed by atoms with Gasteiger partial charge in [0.2, 0.25) is 5.72 Å². The fourth-order valence-electron chi connectivity index (χ4n) is 2.13. The van der Waals surface area contributed by atoms with Crippen LogP contribution in [0.3, 0.4) is 0 Å². The van der Waals surface area contributed by atoms with E-state index >= 15 is 0 Å². The fourth-order valence-corrected chi connectivity index (χ4v) is 2.13. The van der Waals surface area contributed by atoms with Gasteiger partial charge in [-0.05, 0) is 13.8 Å². The van der Waals surface area contributed by atoms with Crippen LogP contribution >= 0.6 is 0 Å². The number of nitrogens with zero attached hydrogens (tertiary/aromatic N) is 2. The van der Waals surface area contributed by atoms with Crippen LogP contribution in [-0.4, -0.2) is 10.8 Å². The Labute approximate surface area is 101 Å². The molecule has 1 N–H and O–H groups in total. The van der Waals surface area contributed by atoms with Crippen LogP contribution in [0.4, 0.5) is 0 Å². The molecule has 1 aromatic rings. The molecule has 2 rings (SSSR count). The molecule has 4 nitrogen and oxygen atoms in total. The second-order valence-corrected chi connectivity index (χ2v) is 5.49. The van der Waals surface area contributed by atoms with E-state index in [1.54, 1.807) is 0 Å². The molecule has 0 saturated carbocycles. The quantitative estimate of drug-likeness (QED) is 0.628. The van der Waals surface area contributed by atoms with Crippen molar-refractivity contribution in [3.05, 3.63) is 35.9 Å². The number of hydrogen-bond acceptors (Lipinski definition) is 4. The molecule has 1 heterocycles. The summed E-state index contributed by atoms with van der Waals surface area (Å²) in [7, 11) is 0.